The van der Waals surface area contributed by atoms with Gasteiger partial charge in [0.15, 0.2) is 5.13 Å². The van der Waals surface area contributed by atoms with Gasteiger partial charge in [-0.05, 0) is 68.4 Å². The first-order valence-corrected chi connectivity index (χ1v) is 12.0. The summed E-state index contributed by atoms with van der Waals surface area (Å²) in [5, 5.41) is 6.04. The average Bonchev–Trinajstić information content (AvgIpc) is 3.21. The number of rotatable bonds is 7. The van der Waals surface area contributed by atoms with E-state index in [-0.39, 0.29) is 17.1 Å². The van der Waals surface area contributed by atoms with Gasteiger partial charge in [-0.15, -0.1) is 11.8 Å². The van der Waals surface area contributed by atoms with E-state index in [1.807, 2.05) is 74.5 Å². The van der Waals surface area contributed by atoms with E-state index in [0.29, 0.717) is 16.4 Å². The number of nitrogens with zero attached hydrogens (tertiary/aromatic N) is 1. The zero-order valence-corrected chi connectivity index (χ0v) is 20.0. The molecular formula is C25H23N3O3S2. The van der Waals surface area contributed by atoms with Gasteiger partial charge in [-0.2, -0.15) is 0 Å². The molecule has 1 heterocycles. The minimum absolute atomic E-state index is 0.122. The van der Waals surface area contributed by atoms with E-state index in [4.69, 9.17) is 4.74 Å². The molecule has 0 spiro atoms. The monoisotopic (exact) mass is 477 g/mol. The van der Waals surface area contributed by atoms with Crippen molar-refractivity contribution in [3.05, 3.63) is 77.9 Å². The summed E-state index contributed by atoms with van der Waals surface area (Å²) in [5.41, 5.74) is 3.17. The summed E-state index contributed by atoms with van der Waals surface area (Å²) in [6, 6.07) is 20.5. The molecule has 0 aliphatic heterocycles. The van der Waals surface area contributed by atoms with Gasteiger partial charge in [0.25, 0.3) is 5.91 Å². The largest absolute Gasteiger partial charge is 0.497 e. The van der Waals surface area contributed by atoms with Crippen molar-refractivity contribution in [2.75, 3.05) is 17.7 Å². The second kappa shape index (κ2) is 10.1. The number of thiazole rings is 1. The molecule has 0 aliphatic rings. The number of hydrogen-bond donors (Lipinski definition) is 2. The molecule has 168 valence electrons. The van der Waals surface area contributed by atoms with Crippen LogP contribution in [0.1, 0.15) is 22.8 Å². The number of carbonyl (C=O) groups excluding carboxylic acids is 2. The molecule has 0 radical (unpaired) electrons. The van der Waals surface area contributed by atoms with E-state index in [0.717, 1.165) is 26.4 Å². The zero-order valence-electron chi connectivity index (χ0n) is 18.4. The van der Waals surface area contributed by atoms with Gasteiger partial charge in [0.1, 0.15) is 5.75 Å². The lowest BCUT2D eigenvalue weighted by Crippen LogP contribution is -2.22. The molecule has 2 N–H and O–H groups in total. The number of methoxy groups -OCH3 is 1. The highest BCUT2D eigenvalue weighted by molar-refractivity contribution is 8.00. The molecule has 8 heteroatoms. The highest BCUT2D eigenvalue weighted by Gasteiger charge is 2.17. The Morgan fingerprint density at radius 1 is 1.03 bits per heavy atom. The molecule has 4 aromatic rings. The van der Waals surface area contributed by atoms with Crippen LogP contribution in [0.25, 0.3) is 10.2 Å². The predicted molar refractivity (Wildman–Crippen MR) is 136 cm³/mol. The Morgan fingerprint density at radius 3 is 2.55 bits per heavy atom. The van der Waals surface area contributed by atoms with E-state index < -0.39 is 0 Å². The summed E-state index contributed by atoms with van der Waals surface area (Å²) in [4.78, 5) is 30.5. The third-order valence-corrected chi connectivity index (χ3v) is 6.95. The van der Waals surface area contributed by atoms with Crippen molar-refractivity contribution in [1.82, 2.24) is 4.98 Å². The third kappa shape index (κ3) is 5.71. The standard InChI is InChI=1S/C25H23N3O3S2/c1-15-5-4-6-17(13-15)24(30)26-18-7-10-20(11-8-18)32-16(2)23(29)28-25-27-21-12-9-19(31-3)14-22(21)33-25/h4-14,16H,1-3H3,(H,26,30)(H,27,28,29). The summed E-state index contributed by atoms with van der Waals surface area (Å²) in [6.07, 6.45) is 0. The fraction of sp³-hybridized carbons (Fsp3) is 0.160. The summed E-state index contributed by atoms with van der Waals surface area (Å²) >= 11 is 2.85. The second-order valence-corrected chi connectivity index (χ2v) is 9.89. The van der Waals surface area contributed by atoms with Crippen molar-refractivity contribution in [2.45, 2.75) is 24.0 Å². The van der Waals surface area contributed by atoms with Crippen molar-refractivity contribution < 1.29 is 14.3 Å². The lowest BCUT2D eigenvalue weighted by Gasteiger charge is -2.11. The predicted octanol–water partition coefficient (Wildman–Crippen LogP) is 5.98. The Balaban J connectivity index is 1.34. The number of amides is 2. The van der Waals surface area contributed by atoms with Gasteiger partial charge in [0.05, 0.1) is 22.6 Å². The van der Waals surface area contributed by atoms with Gasteiger partial charge in [0.2, 0.25) is 5.91 Å². The van der Waals surface area contributed by atoms with E-state index in [9.17, 15) is 9.59 Å². The maximum Gasteiger partial charge on any atom is 0.255 e. The molecule has 2 amide bonds. The van der Waals surface area contributed by atoms with Crippen LogP contribution < -0.4 is 15.4 Å². The van der Waals surface area contributed by atoms with E-state index in [1.165, 1.54) is 23.1 Å². The molecule has 0 bridgehead atoms. The third-order valence-electron chi connectivity index (χ3n) is 4.90. The van der Waals surface area contributed by atoms with Crippen molar-refractivity contribution >= 4 is 55.9 Å². The smallest absolute Gasteiger partial charge is 0.255 e. The summed E-state index contributed by atoms with van der Waals surface area (Å²) in [7, 11) is 1.62. The van der Waals surface area contributed by atoms with Gasteiger partial charge in [-0.1, -0.05) is 29.0 Å². The normalized spacial score (nSPS) is 11.7. The maximum absolute atomic E-state index is 12.7. The summed E-state index contributed by atoms with van der Waals surface area (Å²) in [5.74, 6) is 0.481. The molecule has 6 nitrogen and oxygen atoms in total. The van der Waals surface area contributed by atoms with Crippen LogP contribution in [0.2, 0.25) is 0 Å². The zero-order chi connectivity index (χ0) is 23.4. The fourth-order valence-electron chi connectivity index (χ4n) is 3.16. The first-order chi connectivity index (χ1) is 15.9. The highest BCUT2D eigenvalue weighted by Crippen LogP contribution is 2.30. The lowest BCUT2D eigenvalue weighted by atomic mass is 10.1. The summed E-state index contributed by atoms with van der Waals surface area (Å²) < 4.78 is 6.19. The number of hydrogen-bond acceptors (Lipinski definition) is 6. The molecule has 1 aromatic heterocycles. The Hall–Kier alpha value is -3.36. The van der Waals surface area contributed by atoms with Crippen LogP contribution in [-0.2, 0) is 4.79 Å². The number of anilines is 2. The van der Waals surface area contributed by atoms with Crippen molar-refractivity contribution in [2.24, 2.45) is 0 Å². The van der Waals surface area contributed by atoms with Gasteiger partial charge in [-0.3, -0.25) is 9.59 Å². The average molecular weight is 478 g/mol. The van der Waals surface area contributed by atoms with Crippen LogP contribution in [0.3, 0.4) is 0 Å². The molecule has 0 aliphatic carbocycles. The van der Waals surface area contributed by atoms with Gasteiger partial charge < -0.3 is 15.4 Å². The number of fused-ring (bicyclic) bond motifs is 1. The molecule has 3 aromatic carbocycles. The molecular weight excluding hydrogens is 454 g/mol. The number of thioether (sulfide) groups is 1. The topological polar surface area (TPSA) is 80.3 Å². The lowest BCUT2D eigenvalue weighted by molar-refractivity contribution is -0.115. The Kier molecular flexibility index (Phi) is 6.96. The number of aromatic nitrogens is 1. The fourth-order valence-corrected chi connectivity index (χ4v) is 4.92. The van der Waals surface area contributed by atoms with Crippen LogP contribution in [0.4, 0.5) is 10.8 Å². The second-order valence-electron chi connectivity index (χ2n) is 7.45. The van der Waals surface area contributed by atoms with Crippen LogP contribution in [-0.4, -0.2) is 29.2 Å². The molecule has 1 unspecified atom stereocenters. The summed E-state index contributed by atoms with van der Waals surface area (Å²) in [6.45, 7) is 3.80. The molecule has 1 atom stereocenters. The van der Waals surface area contributed by atoms with E-state index >= 15 is 0 Å². The minimum atomic E-state index is -0.320. The van der Waals surface area contributed by atoms with Crippen LogP contribution >= 0.6 is 23.1 Å². The molecule has 0 saturated carbocycles. The van der Waals surface area contributed by atoms with Crippen LogP contribution in [0, 0.1) is 6.92 Å². The quantitative estimate of drug-likeness (QED) is 0.320. The first kappa shape index (κ1) is 22.8. The Labute approximate surface area is 200 Å². The molecule has 0 saturated heterocycles. The Bertz CT molecular complexity index is 1300. The molecule has 0 fully saturated rings. The van der Waals surface area contributed by atoms with Crippen LogP contribution in [0.15, 0.2) is 71.6 Å². The number of benzene rings is 3. The first-order valence-electron chi connectivity index (χ1n) is 10.3. The number of nitrogens with one attached hydrogen (secondary N) is 2. The van der Waals surface area contributed by atoms with Gasteiger partial charge in [-0.25, -0.2) is 4.98 Å². The molecule has 33 heavy (non-hydrogen) atoms. The van der Waals surface area contributed by atoms with Crippen LogP contribution in [0.5, 0.6) is 5.75 Å². The van der Waals surface area contributed by atoms with E-state index in [2.05, 4.69) is 15.6 Å². The van der Waals surface area contributed by atoms with Crippen molar-refractivity contribution in [3.8, 4) is 5.75 Å². The Morgan fingerprint density at radius 2 is 1.82 bits per heavy atom. The van der Waals surface area contributed by atoms with Gasteiger partial charge in [0, 0.05) is 16.1 Å². The molecule has 4 rings (SSSR count). The van der Waals surface area contributed by atoms with Gasteiger partial charge >= 0.3 is 0 Å². The number of ether oxygens (including phenoxy) is 1. The maximum atomic E-state index is 12.7. The van der Waals surface area contributed by atoms with Crippen molar-refractivity contribution in [1.29, 1.82) is 0 Å². The number of carbonyl (C=O) groups is 2. The van der Waals surface area contributed by atoms with Crippen molar-refractivity contribution in [3.63, 3.8) is 0 Å². The SMILES string of the molecule is COc1ccc2nc(NC(=O)C(C)Sc3ccc(NC(=O)c4cccc(C)c4)cc3)sc2c1. The van der Waals surface area contributed by atoms with E-state index in [1.54, 1.807) is 13.2 Å². The number of aryl methyl sites for hydroxylation is 1. The minimum Gasteiger partial charge on any atom is -0.497 e. The highest BCUT2D eigenvalue weighted by atomic mass is 32.2.